The fraction of sp³-hybridized carbons (Fsp3) is 0.294. The zero-order valence-corrected chi connectivity index (χ0v) is 24.1. The predicted molar refractivity (Wildman–Crippen MR) is 162 cm³/mol. The molecule has 3 N–H and O–H groups in total. The topological polar surface area (TPSA) is 75.4 Å². The van der Waals surface area contributed by atoms with Gasteiger partial charge < -0.3 is 16.0 Å². The predicted octanol–water partition coefficient (Wildman–Crippen LogP) is 6.67. The summed E-state index contributed by atoms with van der Waals surface area (Å²) >= 11 is 0. The molecule has 0 radical (unpaired) electrons. The summed E-state index contributed by atoms with van der Waals surface area (Å²) in [6.07, 6.45) is 4.39. The molecule has 0 unspecified atom stereocenters. The lowest BCUT2D eigenvalue weighted by atomic mass is 9.97. The number of benzene rings is 3. The Balaban J connectivity index is 1.82. The van der Waals surface area contributed by atoms with E-state index in [9.17, 15) is 9.59 Å². The van der Waals surface area contributed by atoms with Crippen LogP contribution in [0.3, 0.4) is 0 Å². The van der Waals surface area contributed by atoms with Gasteiger partial charge in [-0.2, -0.15) is 0 Å². The normalized spacial score (nSPS) is 12.7. The van der Waals surface area contributed by atoms with Gasteiger partial charge in [-0.1, -0.05) is 79.7 Å². The molecule has 0 spiro atoms. The number of amides is 2. The van der Waals surface area contributed by atoms with E-state index >= 15 is 4.39 Å². The van der Waals surface area contributed by atoms with E-state index in [1.54, 1.807) is 44.2 Å². The van der Waals surface area contributed by atoms with Crippen LogP contribution >= 0.6 is 0 Å². The number of carbonyl (C=O) groups excluding carboxylic acids is 2. The highest BCUT2D eigenvalue weighted by Crippen LogP contribution is 2.29. The summed E-state index contributed by atoms with van der Waals surface area (Å²) in [4.78, 5) is 26.8. The standard InChI is InChI=1S/C34H40FN3O2/c1-6-13-30(34(36)40)23(4)29-17-12-16-28(33(29)35)22-38(8-3)31-19-18-25(20-26(31)7-2)21-32(39)37-24(5)27-14-10-9-11-15-27/h6,9-20,24H,7-8,21-22H2,1-5H3,(H2,36,40)(H,37,39)/b13-6-,30-23-/t24-/m0/s1. The van der Waals surface area contributed by atoms with Gasteiger partial charge in [0.25, 0.3) is 0 Å². The van der Waals surface area contributed by atoms with Crippen molar-refractivity contribution in [3.63, 3.8) is 0 Å². The van der Waals surface area contributed by atoms with Crippen LogP contribution in [-0.4, -0.2) is 18.4 Å². The van der Waals surface area contributed by atoms with Gasteiger partial charge in [0, 0.05) is 35.5 Å². The molecular weight excluding hydrogens is 501 g/mol. The summed E-state index contributed by atoms with van der Waals surface area (Å²) in [7, 11) is 0. The number of carbonyl (C=O) groups is 2. The Bertz CT molecular complexity index is 1400. The van der Waals surface area contributed by atoms with Crippen molar-refractivity contribution in [3.8, 4) is 0 Å². The lowest BCUT2D eigenvalue weighted by Gasteiger charge is -2.27. The second kappa shape index (κ2) is 14.3. The molecule has 0 saturated heterocycles. The number of anilines is 1. The van der Waals surface area contributed by atoms with Crippen LogP contribution in [0.4, 0.5) is 10.1 Å². The Morgan fingerprint density at radius 3 is 2.38 bits per heavy atom. The minimum absolute atomic E-state index is 0.0333. The van der Waals surface area contributed by atoms with Crippen LogP contribution in [-0.2, 0) is 29.0 Å². The molecule has 0 aliphatic carbocycles. The molecule has 0 aliphatic heterocycles. The molecule has 2 amide bonds. The molecule has 3 aromatic carbocycles. The SMILES string of the molecule is C/C=C\C(C(N)=O)=C(/C)c1cccc(CN(CC)c2ccc(CC(=O)N[C@@H](C)c3ccccc3)cc2CC)c1F. The highest BCUT2D eigenvalue weighted by molar-refractivity contribution is 6.02. The van der Waals surface area contributed by atoms with Gasteiger partial charge in [-0.25, -0.2) is 4.39 Å². The van der Waals surface area contributed by atoms with Crippen LogP contribution in [0.1, 0.15) is 68.5 Å². The maximum atomic E-state index is 15.7. The second-order valence-electron chi connectivity index (χ2n) is 9.89. The van der Waals surface area contributed by atoms with Crippen molar-refractivity contribution in [1.82, 2.24) is 5.32 Å². The summed E-state index contributed by atoms with van der Waals surface area (Å²) in [5.74, 6) is -0.985. The minimum Gasteiger partial charge on any atom is -0.367 e. The van der Waals surface area contributed by atoms with Crippen molar-refractivity contribution in [2.75, 3.05) is 11.4 Å². The Labute approximate surface area is 237 Å². The number of hydrogen-bond donors (Lipinski definition) is 2. The van der Waals surface area contributed by atoms with E-state index in [1.807, 2.05) is 56.3 Å². The Kier molecular flexibility index (Phi) is 10.8. The number of nitrogens with one attached hydrogen (secondary N) is 1. The number of rotatable bonds is 12. The summed E-state index contributed by atoms with van der Waals surface area (Å²) in [6.45, 7) is 10.6. The lowest BCUT2D eigenvalue weighted by molar-refractivity contribution is -0.121. The number of nitrogens with two attached hydrogens (primary N) is 1. The number of allylic oxidation sites excluding steroid dienone is 2. The highest BCUT2D eigenvalue weighted by atomic mass is 19.1. The van der Waals surface area contributed by atoms with Crippen molar-refractivity contribution in [2.24, 2.45) is 5.73 Å². The Morgan fingerprint density at radius 1 is 1.02 bits per heavy atom. The number of halogens is 1. The van der Waals surface area contributed by atoms with Gasteiger partial charge in [-0.15, -0.1) is 0 Å². The lowest BCUT2D eigenvalue weighted by Crippen LogP contribution is -2.28. The van der Waals surface area contributed by atoms with Gasteiger partial charge in [0.15, 0.2) is 0 Å². The molecule has 40 heavy (non-hydrogen) atoms. The van der Waals surface area contributed by atoms with E-state index in [1.165, 1.54) is 0 Å². The van der Waals surface area contributed by atoms with Gasteiger partial charge in [-0.3, -0.25) is 9.59 Å². The maximum absolute atomic E-state index is 15.7. The first-order valence-electron chi connectivity index (χ1n) is 13.8. The van der Waals surface area contributed by atoms with Crippen molar-refractivity contribution in [3.05, 3.63) is 118 Å². The maximum Gasteiger partial charge on any atom is 0.248 e. The van der Waals surface area contributed by atoms with Crippen LogP contribution in [0.15, 0.2) is 84.5 Å². The molecular formula is C34H40FN3O2. The third-order valence-electron chi connectivity index (χ3n) is 7.14. The molecule has 0 bridgehead atoms. The van der Waals surface area contributed by atoms with Crippen LogP contribution in [0.5, 0.6) is 0 Å². The van der Waals surface area contributed by atoms with Crippen LogP contribution in [0.2, 0.25) is 0 Å². The molecule has 0 heterocycles. The molecule has 0 aromatic heterocycles. The minimum atomic E-state index is -0.591. The van der Waals surface area contributed by atoms with Gasteiger partial charge in [-0.05, 0) is 62.4 Å². The van der Waals surface area contributed by atoms with Gasteiger partial charge >= 0.3 is 0 Å². The summed E-state index contributed by atoms with van der Waals surface area (Å²) < 4.78 is 15.7. The smallest absolute Gasteiger partial charge is 0.248 e. The van der Waals surface area contributed by atoms with Crippen molar-refractivity contribution in [1.29, 1.82) is 0 Å². The van der Waals surface area contributed by atoms with E-state index in [-0.39, 0.29) is 29.8 Å². The average molecular weight is 542 g/mol. The molecule has 0 aliphatic rings. The van der Waals surface area contributed by atoms with Gasteiger partial charge in [0.2, 0.25) is 11.8 Å². The number of aryl methyl sites for hydroxylation is 1. The molecule has 3 rings (SSSR count). The molecule has 3 aromatic rings. The quantitative estimate of drug-likeness (QED) is 0.199. The number of hydrogen-bond acceptors (Lipinski definition) is 3. The zero-order chi connectivity index (χ0) is 29.2. The van der Waals surface area contributed by atoms with E-state index in [0.717, 1.165) is 28.8 Å². The van der Waals surface area contributed by atoms with E-state index in [4.69, 9.17) is 5.73 Å². The summed E-state index contributed by atoms with van der Waals surface area (Å²) in [5, 5.41) is 3.08. The van der Waals surface area contributed by atoms with E-state index < -0.39 is 5.91 Å². The monoisotopic (exact) mass is 541 g/mol. The molecule has 1 atom stereocenters. The fourth-order valence-corrected chi connectivity index (χ4v) is 4.91. The summed E-state index contributed by atoms with van der Waals surface area (Å²) in [6, 6.07) is 21.1. The largest absolute Gasteiger partial charge is 0.367 e. The first kappa shape index (κ1) is 30.4. The second-order valence-corrected chi connectivity index (χ2v) is 9.89. The van der Waals surface area contributed by atoms with Crippen LogP contribution < -0.4 is 16.0 Å². The van der Waals surface area contributed by atoms with E-state index in [0.29, 0.717) is 29.8 Å². The first-order valence-corrected chi connectivity index (χ1v) is 13.8. The van der Waals surface area contributed by atoms with Gasteiger partial charge in [0.1, 0.15) is 5.82 Å². The highest BCUT2D eigenvalue weighted by Gasteiger charge is 2.18. The Morgan fingerprint density at radius 2 is 1.75 bits per heavy atom. The Hall–Kier alpha value is -4.19. The van der Waals surface area contributed by atoms with Crippen LogP contribution in [0, 0.1) is 5.82 Å². The van der Waals surface area contributed by atoms with Crippen molar-refractivity contribution in [2.45, 2.75) is 60.0 Å². The van der Waals surface area contributed by atoms with Crippen molar-refractivity contribution >= 4 is 23.1 Å². The summed E-state index contributed by atoms with van der Waals surface area (Å²) in [5.41, 5.74) is 11.3. The first-order chi connectivity index (χ1) is 19.2. The molecule has 0 saturated carbocycles. The number of nitrogens with zero attached hydrogens (tertiary/aromatic N) is 1. The zero-order valence-electron chi connectivity index (χ0n) is 24.1. The molecule has 210 valence electrons. The molecule has 6 heteroatoms. The average Bonchev–Trinajstić information content (AvgIpc) is 2.95. The molecule has 0 fully saturated rings. The fourth-order valence-electron chi connectivity index (χ4n) is 4.91. The third kappa shape index (κ3) is 7.47. The van der Waals surface area contributed by atoms with Crippen LogP contribution in [0.25, 0.3) is 5.57 Å². The van der Waals surface area contributed by atoms with Gasteiger partial charge in [0.05, 0.1) is 12.5 Å². The third-order valence-corrected chi connectivity index (χ3v) is 7.14. The number of primary amides is 1. The van der Waals surface area contributed by atoms with Crippen molar-refractivity contribution < 1.29 is 14.0 Å². The molecule has 5 nitrogen and oxygen atoms in total. The van der Waals surface area contributed by atoms with E-state index in [2.05, 4.69) is 23.2 Å².